The normalized spacial score (nSPS) is 12.3. The average Bonchev–Trinajstić information content (AvgIpc) is 3.39. The van der Waals surface area contributed by atoms with Gasteiger partial charge in [0.05, 0.1) is 10.2 Å². The second-order valence-corrected chi connectivity index (χ2v) is 7.47. The van der Waals surface area contributed by atoms with Crippen LogP contribution in [0.5, 0.6) is 0 Å². The second-order valence-electron chi connectivity index (χ2n) is 6.44. The van der Waals surface area contributed by atoms with Crippen molar-refractivity contribution in [3.05, 3.63) is 90.8 Å². The minimum atomic E-state index is -0.556. The zero-order valence-electron chi connectivity index (χ0n) is 14.8. The molecule has 0 saturated carbocycles. The number of thiazole rings is 1. The van der Waals surface area contributed by atoms with Crippen molar-refractivity contribution >= 4 is 43.4 Å². The highest BCUT2D eigenvalue weighted by molar-refractivity contribution is 7.22. The van der Waals surface area contributed by atoms with Gasteiger partial charge in [0.15, 0.2) is 11.2 Å². The maximum absolute atomic E-state index is 13.1. The van der Waals surface area contributed by atoms with Gasteiger partial charge in [0, 0.05) is 17.8 Å². The summed E-state index contributed by atoms with van der Waals surface area (Å²) in [5, 5.41) is 10.1. The van der Waals surface area contributed by atoms with Crippen molar-refractivity contribution in [2.45, 2.75) is 6.04 Å². The number of rotatable bonds is 4. The van der Waals surface area contributed by atoms with E-state index in [1.807, 2.05) is 54.6 Å². The zero-order valence-corrected chi connectivity index (χ0v) is 15.6. The third-order valence-corrected chi connectivity index (χ3v) is 5.60. The molecule has 0 fully saturated rings. The lowest BCUT2D eigenvalue weighted by molar-refractivity contribution is -0.118. The third kappa shape index (κ3) is 2.93. The summed E-state index contributed by atoms with van der Waals surface area (Å²) in [7, 11) is 0. The van der Waals surface area contributed by atoms with Crippen LogP contribution in [0.2, 0.25) is 0 Å². The molecule has 1 atom stereocenters. The van der Waals surface area contributed by atoms with Gasteiger partial charge in [-0.1, -0.05) is 72.0 Å². The van der Waals surface area contributed by atoms with E-state index in [4.69, 9.17) is 4.98 Å². The Balaban J connectivity index is 1.52. The van der Waals surface area contributed by atoms with E-state index in [2.05, 4.69) is 28.6 Å². The molecule has 136 valence electrons. The van der Waals surface area contributed by atoms with E-state index >= 15 is 0 Å². The standard InChI is InChI=1S/C22H16N4OS/c27-21(20(26-14-6-13-23-26)16-8-2-1-3-9-16)25-22-24-19-17-10-5-4-7-15(17)11-12-18(19)28-22/h1-14,20H,(H,24,25,27). The van der Waals surface area contributed by atoms with Crippen molar-refractivity contribution in [3.63, 3.8) is 0 Å². The fraction of sp³-hybridized carbons (Fsp3) is 0.0455. The summed E-state index contributed by atoms with van der Waals surface area (Å²) in [6.45, 7) is 0. The zero-order chi connectivity index (χ0) is 18.9. The van der Waals surface area contributed by atoms with Gasteiger partial charge >= 0.3 is 0 Å². The molecule has 1 amide bonds. The van der Waals surface area contributed by atoms with Crippen molar-refractivity contribution in [1.82, 2.24) is 14.8 Å². The average molecular weight is 384 g/mol. The first-order valence-corrected chi connectivity index (χ1v) is 9.74. The molecule has 0 spiro atoms. The summed E-state index contributed by atoms with van der Waals surface area (Å²) >= 11 is 1.48. The first-order chi connectivity index (χ1) is 13.8. The van der Waals surface area contributed by atoms with Crippen LogP contribution in [0.15, 0.2) is 85.2 Å². The number of hydrogen-bond donors (Lipinski definition) is 1. The Kier molecular flexibility index (Phi) is 4.10. The summed E-state index contributed by atoms with van der Waals surface area (Å²) < 4.78 is 2.71. The molecule has 1 unspecified atom stereocenters. The van der Waals surface area contributed by atoms with Gasteiger partial charge in [0.1, 0.15) is 0 Å². The Morgan fingerprint density at radius 3 is 2.61 bits per heavy atom. The Labute approximate surface area is 165 Å². The number of fused-ring (bicyclic) bond motifs is 3. The molecule has 1 N–H and O–H groups in total. The van der Waals surface area contributed by atoms with Crippen LogP contribution in [0, 0.1) is 0 Å². The first kappa shape index (κ1) is 16.6. The summed E-state index contributed by atoms with van der Waals surface area (Å²) in [5.74, 6) is -0.168. The van der Waals surface area contributed by atoms with Crippen molar-refractivity contribution in [1.29, 1.82) is 0 Å². The molecule has 5 rings (SSSR count). The second kappa shape index (κ2) is 6.90. The molecule has 2 heterocycles. The number of amides is 1. The predicted molar refractivity (Wildman–Crippen MR) is 113 cm³/mol. The third-order valence-electron chi connectivity index (χ3n) is 4.67. The Morgan fingerprint density at radius 1 is 0.964 bits per heavy atom. The van der Waals surface area contributed by atoms with Crippen LogP contribution in [0.1, 0.15) is 11.6 Å². The molecule has 0 radical (unpaired) electrons. The number of aromatic nitrogens is 3. The molecule has 2 aromatic heterocycles. The van der Waals surface area contributed by atoms with Crippen LogP contribution in [-0.4, -0.2) is 20.7 Å². The lowest BCUT2D eigenvalue weighted by atomic mass is 10.1. The van der Waals surface area contributed by atoms with E-state index in [1.54, 1.807) is 17.1 Å². The fourth-order valence-corrected chi connectivity index (χ4v) is 4.27. The highest BCUT2D eigenvalue weighted by Gasteiger charge is 2.24. The number of carbonyl (C=O) groups excluding carboxylic acids is 1. The lowest BCUT2D eigenvalue weighted by Gasteiger charge is -2.16. The van der Waals surface area contributed by atoms with E-state index in [-0.39, 0.29) is 5.91 Å². The molecule has 28 heavy (non-hydrogen) atoms. The Bertz CT molecular complexity index is 1260. The smallest absolute Gasteiger partial charge is 0.255 e. The predicted octanol–water partition coefficient (Wildman–Crippen LogP) is 4.87. The largest absolute Gasteiger partial charge is 0.300 e. The molecule has 0 saturated heterocycles. The number of nitrogens with one attached hydrogen (secondary N) is 1. The van der Waals surface area contributed by atoms with Crippen molar-refractivity contribution in [2.24, 2.45) is 0 Å². The van der Waals surface area contributed by atoms with Crippen LogP contribution < -0.4 is 5.32 Å². The topological polar surface area (TPSA) is 59.8 Å². The van der Waals surface area contributed by atoms with E-state index in [0.717, 1.165) is 26.6 Å². The van der Waals surface area contributed by atoms with Gasteiger partial charge in [0.25, 0.3) is 5.91 Å². The Morgan fingerprint density at radius 2 is 1.79 bits per heavy atom. The fourth-order valence-electron chi connectivity index (χ4n) is 3.38. The number of anilines is 1. The minimum Gasteiger partial charge on any atom is -0.300 e. The molecule has 0 aliphatic rings. The summed E-state index contributed by atoms with van der Waals surface area (Å²) in [4.78, 5) is 17.8. The minimum absolute atomic E-state index is 0.168. The van der Waals surface area contributed by atoms with Crippen LogP contribution in [0.25, 0.3) is 21.0 Å². The van der Waals surface area contributed by atoms with Gasteiger partial charge < -0.3 is 0 Å². The molecule has 0 aliphatic heterocycles. The molecular weight excluding hydrogens is 368 g/mol. The van der Waals surface area contributed by atoms with Gasteiger partial charge in [-0.25, -0.2) is 4.98 Å². The van der Waals surface area contributed by atoms with Crippen molar-refractivity contribution in [3.8, 4) is 0 Å². The molecule has 6 heteroatoms. The number of benzene rings is 3. The molecule has 5 aromatic rings. The number of hydrogen-bond acceptors (Lipinski definition) is 4. The molecular formula is C22H16N4OS. The maximum atomic E-state index is 13.1. The number of nitrogens with zero attached hydrogens (tertiary/aromatic N) is 3. The quantitative estimate of drug-likeness (QED) is 0.481. The highest BCUT2D eigenvalue weighted by Crippen LogP contribution is 2.32. The van der Waals surface area contributed by atoms with E-state index < -0.39 is 6.04 Å². The molecule has 0 aliphatic carbocycles. The Hall–Kier alpha value is -3.51. The molecule has 5 nitrogen and oxygen atoms in total. The van der Waals surface area contributed by atoms with Crippen LogP contribution in [-0.2, 0) is 4.79 Å². The van der Waals surface area contributed by atoms with Crippen LogP contribution in [0.3, 0.4) is 0 Å². The van der Waals surface area contributed by atoms with E-state index in [0.29, 0.717) is 5.13 Å². The summed E-state index contributed by atoms with van der Waals surface area (Å²) in [6, 6.07) is 23.1. The van der Waals surface area contributed by atoms with Crippen LogP contribution >= 0.6 is 11.3 Å². The molecule has 0 bridgehead atoms. The highest BCUT2D eigenvalue weighted by atomic mass is 32.1. The maximum Gasteiger partial charge on any atom is 0.255 e. The van der Waals surface area contributed by atoms with Crippen LogP contribution in [0.4, 0.5) is 5.13 Å². The molecule has 3 aromatic carbocycles. The lowest BCUT2D eigenvalue weighted by Crippen LogP contribution is -2.27. The first-order valence-electron chi connectivity index (χ1n) is 8.93. The van der Waals surface area contributed by atoms with Gasteiger partial charge in [-0.15, -0.1) is 0 Å². The van der Waals surface area contributed by atoms with Crippen molar-refractivity contribution < 1.29 is 4.79 Å². The SMILES string of the molecule is O=C(Nc1nc2c(ccc3ccccc32)s1)C(c1ccccc1)n1cccn1. The van der Waals surface area contributed by atoms with Gasteiger partial charge in [-0.05, 0) is 23.1 Å². The van der Waals surface area contributed by atoms with E-state index in [9.17, 15) is 4.79 Å². The van der Waals surface area contributed by atoms with Gasteiger partial charge in [0.2, 0.25) is 0 Å². The summed E-state index contributed by atoms with van der Waals surface area (Å²) in [5.41, 5.74) is 1.78. The number of carbonyl (C=O) groups is 1. The monoisotopic (exact) mass is 384 g/mol. The van der Waals surface area contributed by atoms with Gasteiger partial charge in [-0.3, -0.25) is 14.8 Å². The van der Waals surface area contributed by atoms with Gasteiger partial charge in [-0.2, -0.15) is 5.10 Å². The summed E-state index contributed by atoms with van der Waals surface area (Å²) in [6.07, 6.45) is 3.47. The van der Waals surface area contributed by atoms with E-state index in [1.165, 1.54) is 11.3 Å². The van der Waals surface area contributed by atoms with Crippen molar-refractivity contribution in [2.75, 3.05) is 5.32 Å².